The minimum absolute atomic E-state index is 0.208. The highest BCUT2D eigenvalue weighted by atomic mass is 16.7. The van der Waals surface area contributed by atoms with Crippen molar-refractivity contribution in [1.82, 2.24) is 41.2 Å². The Morgan fingerprint density at radius 3 is 0.694 bits per heavy atom. The summed E-state index contributed by atoms with van der Waals surface area (Å²) in [7, 11) is 0. The SMILES string of the molecule is CC(=O)N[C@H]1[C@H](Oc2ccc(-c3c4nc(c(-c5ccc(O[C@@H]6O[C@H](CO)[C@@H](O)[C@H](O)[C@H]6NC(C)=O)cc5)c5ccc([nH]5)c(-c5ccc(O[C@@H]6O[C@H](CO)[C@@H](O)[C@H](O)[C@H]6NC(C)=O)cc5)c5nc(c(-c6ccc(O[C@@H]7O[C@H](CO)[C@@H](O)[C@H](O)[C@H]7NC(C)=O)cc6)c6ccc3[nH]6)C=C5)C=C4)cc2)O[C@H](CO)[C@@H](O)[C@@H]1O. The number of carbonyl (C=O) groups excluding carboxylic acids is 4. The van der Waals surface area contributed by atoms with Crippen LogP contribution in [0.2, 0.25) is 0 Å². The number of aromatic nitrogens is 4. The van der Waals surface area contributed by atoms with E-state index < -0.39 is 173 Å². The fourth-order valence-electron chi connectivity index (χ4n) is 14.0. The van der Waals surface area contributed by atoms with Gasteiger partial charge in [-0.3, -0.25) is 19.2 Å². The molecule has 4 aromatic carbocycles. The van der Waals surface area contributed by atoms with E-state index in [-0.39, 0.29) is 23.0 Å². The lowest BCUT2D eigenvalue weighted by Gasteiger charge is -2.42. The predicted molar refractivity (Wildman–Crippen MR) is 385 cm³/mol. The maximum Gasteiger partial charge on any atom is 0.223 e. The molecule has 6 aliphatic rings. The van der Waals surface area contributed by atoms with Crippen LogP contribution in [-0.4, -0.2) is 254 Å². The first-order valence-corrected chi connectivity index (χ1v) is 34.7. The average molecular weight is 1490 g/mol. The molecule has 0 radical (unpaired) electrons. The Labute approximate surface area is 615 Å². The van der Waals surface area contributed by atoms with Gasteiger partial charge < -0.3 is 130 Å². The monoisotopic (exact) mass is 1490 g/mol. The lowest BCUT2D eigenvalue weighted by molar-refractivity contribution is -0.244. The minimum Gasteiger partial charge on any atom is -0.463 e. The quantitative estimate of drug-likeness (QED) is 0.0497. The van der Waals surface area contributed by atoms with Gasteiger partial charge in [-0.05, 0) is 119 Å². The van der Waals surface area contributed by atoms with Crippen LogP contribution in [0, 0.1) is 0 Å². The van der Waals surface area contributed by atoms with Crippen LogP contribution in [0.25, 0.3) is 90.9 Å². The summed E-state index contributed by atoms with van der Waals surface area (Å²) in [5, 5.41) is 138. The molecule has 3 aromatic heterocycles. The number of aromatic amines is 2. The number of fused-ring (bicyclic) bond motifs is 8. The van der Waals surface area contributed by atoms with Crippen molar-refractivity contribution < 1.29 is 118 Å². The molecule has 9 heterocycles. The van der Waals surface area contributed by atoms with Crippen LogP contribution in [0.15, 0.2) is 121 Å². The van der Waals surface area contributed by atoms with E-state index in [2.05, 4.69) is 31.2 Å². The molecule has 32 nitrogen and oxygen atoms in total. The highest BCUT2D eigenvalue weighted by molar-refractivity contribution is 6.00. The number of benzene rings is 4. The minimum atomic E-state index is -1.59. The van der Waals surface area contributed by atoms with E-state index in [0.29, 0.717) is 89.4 Å². The van der Waals surface area contributed by atoms with E-state index in [1.165, 1.54) is 27.7 Å². The fraction of sp³-hybridized carbons (Fsp3) is 0.368. The molecule has 4 amide bonds. The zero-order valence-electron chi connectivity index (χ0n) is 58.4. The normalized spacial score (nSPS) is 28.8. The van der Waals surface area contributed by atoms with Gasteiger partial charge in [0.05, 0.1) is 49.2 Å². The first kappa shape index (κ1) is 76.1. The summed E-state index contributed by atoms with van der Waals surface area (Å²) in [5.74, 6) is -1.35. The molecule has 0 aliphatic carbocycles. The molecule has 20 atom stereocenters. The predicted octanol–water partition coefficient (Wildman–Crippen LogP) is 0.614. The van der Waals surface area contributed by atoms with Crippen LogP contribution in [-0.2, 0) is 38.1 Å². The molecule has 0 saturated carbocycles. The van der Waals surface area contributed by atoms with Crippen molar-refractivity contribution in [3.8, 4) is 67.5 Å². The Balaban J connectivity index is 0.990. The number of nitrogens with zero attached hydrogens (tertiary/aromatic N) is 2. The van der Waals surface area contributed by atoms with Gasteiger partial charge in [0.1, 0.15) is 120 Å². The van der Waals surface area contributed by atoms with Gasteiger partial charge in [-0.1, -0.05) is 48.5 Å². The number of carbonyl (C=O) groups is 4. The number of aliphatic hydroxyl groups excluding tert-OH is 12. The van der Waals surface area contributed by atoms with Gasteiger partial charge in [-0.25, -0.2) is 9.97 Å². The van der Waals surface area contributed by atoms with Crippen molar-refractivity contribution in [1.29, 1.82) is 0 Å². The molecule has 32 heteroatoms. The number of aliphatic hydroxyl groups is 12. The van der Waals surface area contributed by atoms with Gasteiger partial charge >= 0.3 is 0 Å². The Hall–Kier alpha value is -10.1. The van der Waals surface area contributed by atoms with Crippen molar-refractivity contribution in [2.45, 2.75) is 150 Å². The first-order valence-electron chi connectivity index (χ1n) is 34.7. The summed E-state index contributed by atoms with van der Waals surface area (Å²) in [4.78, 5) is 67.7. The number of nitrogens with one attached hydrogen (secondary N) is 6. The van der Waals surface area contributed by atoms with E-state index >= 15 is 0 Å². The number of H-pyrrole nitrogens is 2. The molecule has 7 aromatic rings. The second-order valence-electron chi connectivity index (χ2n) is 26.8. The Bertz CT molecular complexity index is 4100. The number of ether oxygens (including phenoxy) is 8. The maximum absolute atomic E-state index is 12.4. The van der Waals surface area contributed by atoms with Crippen LogP contribution in [0.4, 0.5) is 0 Å². The number of amides is 4. The summed E-state index contributed by atoms with van der Waals surface area (Å²) < 4.78 is 48.7. The fourth-order valence-corrected chi connectivity index (χ4v) is 14.0. The molecule has 570 valence electrons. The Morgan fingerprint density at radius 2 is 0.519 bits per heavy atom. The van der Waals surface area contributed by atoms with Crippen LogP contribution in [0.3, 0.4) is 0 Å². The van der Waals surface area contributed by atoms with Crippen LogP contribution >= 0.6 is 0 Å². The van der Waals surface area contributed by atoms with Gasteiger partial charge in [0, 0.05) is 72.0 Å². The van der Waals surface area contributed by atoms with Crippen molar-refractivity contribution >= 4 is 70.0 Å². The van der Waals surface area contributed by atoms with E-state index in [9.17, 15) is 80.5 Å². The van der Waals surface area contributed by atoms with Crippen molar-refractivity contribution in [2.75, 3.05) is 26.4 Å². The second-order valence-corrected chi connectivity index (χ2v) is 26.8. The summed E-state index contributed by atoms with van der Waals surface area (Å²) in [6.07, 6.45) is -15.8. The lowest BCUT2D eigenvalue weighted by atomic mass is 9.97. The Morgan fingerprint density at radius 1 is 0.324 bits per heavy atom. The number of rotatable bonds is 20. The molecular weight excluding hydrogens is 1410 g/mol. The third-order valence-corrected chi connectivity index (χ3v) is 19.3. The molecule has 6 aliphatic heterocycles. The molecule has 13 rings (SSSR count). The summed E-state index contributed by atoms with van der Waals surface area (Å²) in [5.41, 5.74) is 8.47. The first-order chi connectivity index (χ1) is 51.9. The van der Waals surface area contributed by atoms with Crippen LogP contribution < -0.4 is 40.2 Å². The highest BCUT2D eigenvalue weighted by Crippen LogP contribution is 2.42. The third kappa shape index (κ3) is 15.8. The average Bonchev–Trinajstić information content (AvgIpc) is 1.57. The molecule has 0 unspecified atom stereocenters. The molecular formula is C76H82N8O24. The smallest absolute Gasteiger partial charge is 0.223 e. The van der Waals surface area contributed by atoms with Gasteiger partial charge in [-0.2, -0.15) is 0 Å². The molecule has 8 bridgehead atoms. The van der Waals surface area contributed by atoms with E-state index in [1.807, 2.05) is 48.6 Å². The van der Waals surface area contributed by atoms with Crippen molar-refractivity contribution in [3.05, 3.63) is 144 Å². The summed E-state index contributed by atoms with van der Waals surface area (Å²) in [6.45, 7) is 2.22. The van der Waals surface area contributed by atoms with Gasteiger partial charge in [-0.15, -0.1) is 0 Å². The molecule has 18 N–H and O–H groups in total. The third-order valence-electron chi connectivity index (χ3n) is 19.3. The van der Waals surface area contributed by atoms with Gasteiger partial charge in [0.25, 0.3) is 0 Å². The van der Waals surface area contributed by atoms with Crippen molar-refractivity contribution in [2.24, 2.45) is 0 Å². The Kier molecular flexibility index (Phi) is 22.8. The number of hydrogen-bond acceptors (Lipinski definition) is 26. The van der Waals surface area contributed by atoms with E-state index in [1.54, 1.807) is 97.1 Å². The molecule has 4 saturated heterocycles. The highest BCUT2D eigenvalue weighted by Gasteiger charge is 2.50. The standard InChI is InChI=1S/C76H82N8O24/c1-33(89)77-61-69(97)65(93)53(29-85)105-73(61)101-41-13-5-37(6-14-41)57-45-21-23-47(81-45)58(38-7-15-42(16-8-38)102-74-62(78-34(2)90)70(98)66(94)54(30-86)106-74)49-25-27-51(83-49)60(40-11-19-44(20-12-40)104-76-64(80-36(4)92)72(100)68(96)56(32-88)108-76)52-28-26-50(84-52)59(48-24-22-46(57)82-48)39-9-17-43(18-10-39)103-75-63(79-35(3)91)71(99)67(95)55(31-87)107-75/h5-28,53-56,61-76,81,84-88,93-100H,29-32H2,1-4H3,(H,77,89)(H,78,90)(H,79,91)(H,80,92)/t53-,54-,55-,56-,61-,62-,63-,64-,65-,66-,67-,68-,69-,70-,71-,72-,73-,74-,75-,76-/m1/s1. The van der Waals surface area contributed by atoms with Gasteiger partial charge in [0.15, 0.2) is 0 Å². The van der Waals surface area contributed by atoms with E-state index in [4.69, 9.17) is 47.9 Å². The zero-order valence-corrected chi connectivity index (χ0v) is 58.4. The summed E-state index contributed by atoms with van der Waals surface area (Å²) >= 11 is 0. The topological polar surface area (TPSA) is 490 Å². The second kappa shape index (κ2) is 32.4. The van der Waals surface area contributed by atoms with Crippen LogP contribution in [0.5, 0.6) is 23.0 Å². The van der Waals surface area contributed by atoms with Gasteiger partial charge in [0.2, 0.25) is 48.8 Å². The van der Waals surface area contributed by atoms with Crippen LogP contribution in [0.1, 0.15) is 50.5 Å². The molecule has 4 fully saturated rings. The van der Waals surface area contributed by atoms with Crippen molar-refractivity contribution in [3.63, 3.8) is 0 Å². The van der Waals surface area contributed by atoms with E-state index in [0.717, 1.165) is 0 Å². The molecule has 0 spiro atoms. The largest absolute Gasteiger partial charge is 0.463 e. The lowest BCUT2D eigenvalue weighted by Crippen LogP contribution is -2.65. The number of hydrogen-bond donors (Lipinski definition) is 18. The summed E-state index contributed by atoms with van der Waals surface area (Å²) in [6, 6.07) is 29.5. The maximum atomic E-state index is 12.4. The molecule has 108 heavy (non-hydrogen) atoms. The zero-order chi connectivity index (χ0) is 76.5.